The molecule has 0 bridgehead atoms. The van der Waals surface area contributed by atoms with Gasteiger partial charge in [-0.3, -0.25) is 4.99 Å². The van der Waals surface area contributed by atoms with Gasteiger partial charge >= 0.3 is 0 Å². The summed E-state index contributed by atoms with van der Waals surface area (Å²) in [6.45, 7) is 4.32. The minimum absolute atomic E-state index is 0.539. The van der Waals surface area contributed by atoms with Gasteiger partial charge in [-0.1, -0.05) is 32.1 Å². The Kier molecular flexibility index (Phi) is 1.72. The zero-order valence-electron chi connectivity index (χ0n) is 7.54. The minimum atomic E-state index is 0.539. The zero-order valence-corrected chi connectivity index (χ0v) is 7.54. The van der Waals surface area contributed by atoms with E-state index in [1.165, 1.54) is 17.0 Å². The Morgan fingerprint density at radius 1 is 1.50 bits per heavy atom. The summed E-state index contributed by atoms with van der Waals surface area (Å²) in [7, 11) is 0. The first-order valence-electron chi connectivity index (χ1n) is 4.49. The van der Waals surface area contributed by atoms with Crippen LogP contribution in [0.4, 0.5) is 0 Å². The van der Waals surface area contributed by atoms with E-state index in [0.717, 1.165) is 6.42 Å². The number of aliphatic imine (C=N–C) groups is 1. The van der Waals surface area contributed by atoms with E-state index < -0.39 is 0 Å². The van der Waals surface area contributed by atoms with Crippen LogP contribution in [0.3, 0.4) is 0 Å². The number of allylic oxidation sites excluding steroid dienone is 4. The van der Waals surface area contributed by atoms with Gasteiger partial charge < -0.3 is 0 Å². The fourth-order valence-electron chi connectivity index (χ4n) is 1.51. The summed E-state index contributed by atoms with van der Waals surface area (Å²) in [6, 6.07) is 0. The molecular formula is C11H13N. The van der Waals surface area contributed by atoms with E-state index in [-0.39, 0.29) is 0 Å². The minimum Gasteiger partial charge on any atom is -0.253 e. The highest BCUT2D eigenvalue weighted by Crippen LogP contribution is 2.27. The van der Waals surface area contributed by atoms with E-state index in [1.807, 2.05) is 0 Å². The molecule has 0 spiro atoms. The van der Waals surface area contributed by atoms with Crippen molar-refractivity contribution in [2.24, 2.45) is 10.9 Å². The molecule has 0 saturated carbocycles. The van der Waals surface area contributed by atoms with Crippen molar-refractivity contribution in [3.05, 3.63) is 35.6 Å². The summed E-state index contributed by atoms with van der Waals surface area (Å²) in [5, 5.41) is 0. The van der Waals surface area contributed by atoms with Crippen LogP contribution in [0.15, 0.2) is 40.6 Å². The highest BCUT2D eigenvalue weighted by Gasteiger charge is 2.14. The molecule has 1 heterocycles. The molecule has 0 saturated heterocycles. The second-order valence-electron chi connectivity index (χ2n) is 3.33. The summed E-state index contributed by atoms with van der Waals surface area (Å²) >= 11 is 0. The third kappa shape index (κ3) is 1.15. The van der Waals surface area contributed by atoms with Crippen molar-refractivity contribution in [2.45, 2.75) is 20.3 Å². The molecule has 0 amide bonds. The molecule has 2 aliphatic rings. The van der Waals surface area contributed by atoms with Crippen molar-refractivity contribution in [1.29, 1.82) is 0 Å². The molecule has 1 heteroatoms. The summed E-state index contributed by atoms with van der Waals surface area (Å²) in [6.07, 6.45) is 9.81. The van der Waals surface area contributed by atoms with Crippen molar-refractivity contribution in [3.63, 3.8) is 0 Å². The Hall–Kier alpha value is -1.11. The highest BCUT2D eigenvalue weighted by molar-refractivity contribution is 6.00. The molecule has 2 rings (SSSR count). The summed E-state index contributed by atoms with van der Waals surface area (Å²) in [4.78, 5) is 4.51. The van der Waals surface area contributed by atoms with E-state index >= 15 is 0 Å². The SMILES string of the molecule is CCC1=NC2=CC(C)C=CC2=C1. The standard InChI is InChI=1S/C11H13N/c1-3-10-7-9-5-4-8(2)6-11(9)12-10/h4-8H,3H2,1-2H3. The zero-order chi connectivity index (χ0) is 8.55. The molecule has 0 radical (unpaired) electrons. The number of nitrogens with zero attached hydrogens (tertiary/aromatic N) is 1. The Balaban J connectivity index is 2.35. The van der Waals surface area contributed by atoms with Crippen molar-refractivity contribution >= 4 is 5.71 Å². The number of fused-ring (bicyclic) bond motifs is 1. The van der Waals surface area contributed by atoms with E-state index in [0.29, 0.717) is 5.92 Å². The second kappa shape index (κ2) is 2.74. The Morgan fingerprint density at radius 3 is 3.08 bits per heavy atom. The fourth-order valence-corrected chi connectivity index (χ4v) is 1.51. The normalized spacial score (nSPS) is 26.2. The monoisotopic (exact) mass is 159 g/mol. The molecule has 12 heavy (non-hydrogen) atoms. The number of rotatable bonds is 1. The molecule has 1 unspecified atom stereocenters. The molecule has 0 aromatic rings. The van der Waals surface area contributed by atoms with Crippen LogP contribution in [-0.2, 0) is 0 Å². The van der Waals surface area contributed by atoms with E-state index in [4.69, 9.17) is 0 Å². The van der Waals surface area contributed by atoms with E-state index in [2.05, 4.69) is 43.1 Å². The number of hydrogen-bond donors (Lipinski definition) is 0. The molecule has 1 atom stereocenters. The molecule has 1 nitrogen and oxygen atoms in total. The Bertz CT molecular complexity index is 316. The third-order valence-corrected chi connectivity index (χ3v) is 2.24. The molecule has 0 aromatic carbocycles. The average Bonchev–Trinajstić information content (AvgIpc) is 2.46. The summed E-state index contributed by atoms with van der Waals surface area (Å²) in [5.74, 6) is 0.539. The van der Waals surface area contributed by atoms with Crippen LogP contribution < -0.4 is 0 Å². The van der Waals surface area contributed by atoms with E-state index in [1.54, 1.807) is 0 Å². The lowest BCUT2D eigenvalue weighted by Crippen LogP contribution is -1.92. The van der Waals surface area contributed by atoms with Crippen molar-refractivity contribution in [1.82, 2.24) is 0 Å². The van der Waals surface area contributed by atoms with Crippen molar-refractivity contribution in [3.8, 4) is 0 Å². The first kappa shape index (κ1) is 7.53. The van der Waals surface area contributed by atoms with Gasteiger partial charge in [-0.05, 0) is 18.4 Å². The molecule has 0 aromatic heterocycles. The second-order valence-corrected chi connectivity index (χ2v) is 3.33. The van der Waals surface area contributed by atoms with Crippen LogP contribution in [0.1, 0.15) is 20.3 Å². The van der Waals surface area contributed by atoms with Gasteiger partial charge in [0.05, 0.1) is 5.70 Å². The maximum atomic E-state index is 4.51. The van der Waals surface area contributed by atoms with Gasteiger partial charge in [0, 0.05) is 11.3 Å². The van der Waals surface area contributed by atoms with Gasteiger partial charge in [0.2, 0.25) is 0 Å². The van der Waals surface area contributed by atoms with Gasteiger partial charge in [0.25, 0.3) is 0 Å². The topological polar surface area (TPSA) is 12.4 Å². The molecule has 0 fully saturated rings. The molecular weight excluding hydrogens is 146 g/mol. The van der Waals surface area contributed by atoms with Crippen molar-refractivity contribution in [2.75, 3.05) is 0 Å². The van der Waals surface area contributed by atoms with Crippen LogP contribution >= 0.6 is 0 Å². The van der Waals surface area contributed by atoms with Crippen LogP contribution in [0.25, 0.3) is 0 Å². The average molecular weight is 159 g/mol. The van der Waals surface area contributed by atoms with Crippen LogP contribution in [0, 0.1) is 5.92 Å². The first-order chi connectivity index (χ1) is 5.79. The summed E-state index contributed by atoms with van der Waals surface area (Å²) < 4.78 is 0. The van der Waals surface area contributed by atoms with Gasteiger partial charge in [0.1, 0.15) is 0 Å². The first-order valence-corrected chi connectivity index (χ1v) is 4.49. The largest absolute Gasteiger partial charge is 0.253 e. The fraction of sp³-hybridized carbons (Fsp3) is 0.364. The lowest BCUT2D eigenvalue weighted by molar-refractivity contribution is 0.912. The molecule has 1 aliphatic carbocycles. The molecule has 1 aliphatic heterocycles. The third-order valence-electron chi connectivity index (χ3n) is 2.24. The van der Waals surface area contributed by atoms with Crippen molar-refractivity contribution < 1.29 is 0 Å². The predicted molar refractivity (Wildman–Crippen MR) is 52.2 cm³/mol. The lowest BCUT2D eigenvalue weighted by Gasteiger charge is -2.07. The van der Waals surface area contributed by atoms with Crippen LogP contribution in [0.2, 0.25) is 0 Å². The number of hydrogen-bond acceptors (Lipinski definition) is 1. The smallest absolute Gasteiger partial charge is 0.0671 e. The maximum Gasteiger partial charge on any atom is 0.0671 e. The van der Waals surface area contributed by atoms with Gasteiger partial charge in [0.15, 0.2) is 0 Å². The molecule has 0 N–H and O–H groups in total. The molecule has 62 valence electrons. The quantitative estimate of drug-likeness (QED) is 0.558. The summed E-state index contributed by atoms with van der Waals surface area (Å²) in [5.41, 5.74) is 3.65. The highest BCUT2D eigenvalue weighted by atomic mass is 14.8. The van der Waals surface area contributed by atoms with Gasteiger partial charge in [-0.25, -0.2) is 0 Å². The predicted octanol–water partition coefficient (Wildman–Crippen LogP) is 2.87. The Morgan fingerprint density at radius 2 is 2.33 bits per heavy atom. The lowest BCUT2D eigenvalue weighted by atomic mass is 10.00. The maximum absolute atomic E-state index is 4.51. The van der Waals surface area contributed by atoms with E-state index in [9.17, 15) is 0 Å². The Labute approximate surface area is 73.2 Å². The van der Waals surface area contributed by atoms with Gasteiger partial charge in [-0.15, -0.1) is 0 Å². The van der Waals surface area contributed by atoms with Crippen LogP contribution in [0.5, 0.6) is 0 Å². The van der Waals surface area contributed by atoms with Gasteiger partial charge in [-0.2, -0.15) is 0 Å². The van der Waals surface area contributed by atoms with Crippen LogP contribution in [-0.4, -0.2) is 5.71 Å².